The van der Waals surface area contributed by atoms with Gasteiger partial charge in [0.1, 0.15) is 18.1 Å². The van der Waals surface area contributed by atoms with Gasteiger partial charge in [0.2, 0.25) is 0 Å². The molecule has 128 valence electrons. The van der Waals surface area contributed by atoms with Crippen molar-refractivity contribution in [3.63, 3.8) is 0 Å². The van der Waals surface area contributed by atoms with E-state index in [4.69, 9.17) is 9.47 Å². The van der Waals surface area contributed by atoms with Crippen molar-refractivity contribution in [2.45, 2.75) is 37.9 Å². The molecule has 1 saturated heterocycles. The monoisotopic (exact) mass is 327 g/mol. The number of hydrogen-bond donors (Lipinski definition) is 0. The molecule has 1 saturated carbocycles. The van der Waals surface area contributed by atoms with Crippen molar-refractivity contribution in [2.75, 3.05) is 13.7 Å². The number of nitrogens with zero attached hydrogens (tertiary/aromatic N) is 3. The number of rotatable bonds is 6. The van der Waals surface area contributed by atoms with Gasteiger partial charge >= 0.3 is 0 Å². The normalized spacial score (nSPS) is 26.0. The lowest BCUT2D eigenvalue weighted by Crippen LogP contribution is -2.43. The summed E-state index contributed by atoms with van der Waals surface area (Å²) < 4.78 is 13.3. The van der Waals surface area contributed by atoms with Gasteiger partial charge in [0.15, 0.2) is 0 Å². The highest BCUT2D eigenvalue weighted by molar-refractivity contribution is 5.32. The standard InChI is InChI=1S/C19H25N3O2/c1-21-11-14(10-20-21)12-22-16-7-6-15(8-16)19(22)13-24-18-5-3-4-17(9-18)23-2/h3-5,9-11,15-16,19H,6-8,12-13H2,1-2H3/t15?,16?,19-/m1/s1. The average molecular weight is 327 g/mol. The van der Waals surface area contributed by atoms with Crippen molar-refractivity contribution >= 4 is 0 Å². The highest BCUT2D eigenvalue weighted by Gasteiger charge is 2.45. The van der Waals surface area contributed by atoms with E-state index in [1.54, 1.807) is 7.11 Å². The summed E-state index contributed by atoms with van der Waals surface area (Å²) in [4.78, 5) is 2.63. The molecule has 1 aromatic heterocycles. The van der Waals surface area contributed by atoms with Crippen LogP contribution in [-0.4, -0.2) is 40.5 Å². The molecule has 3 atom stereocenters. The second-order valence-electron chi connectivity index (χ2n) is 6.98. The lowest BCUT2D eigenvalue weighted by Gasteiger charge is -2.34. The van der Waals surface area contributed by atoms with Gasteiger partial charge < -0.3 is 9.47 Å². The van der Waals surface area contributed by atoms with Gasteiger partial charge in [-0.15, -0.1) is 0 Å². The summed E-state index contributed by atoms with van der Waals surface area (Å²) in [5, 5.41) is 4.30. The van der Waals surface area contributed by atoms with Crippen LogP contribution in [0.5, 0.6) is 11.5 Å². The molecule has 1 aliphatic carbocycles. The summed E-state index contributed by atoms with van der Waals surface area (Å²) in [6.07, 6.45) is 8.06. The van der Waals surface area contributed by atoms with E-state index in [0.717, 1.165) is 30.6 Å². The van der Waals surface area contributed by atoms with E-state index in [-0.39, 0.29) is 0 Å². The lowest BCUT2D eigenvalue weighted by molar-refractivity contribution is 0.0866. The van der Waals surface area contributed by atoms with Crippen LogP contribution in [0, 0.1) is 5.92 Å². The van der Waals surface area contributed by atoms with Crippen molar-refractivity contribution in [1.82, 2.24) is 14.7 Å². The minimum Gasteiger partial charge on any atom is -0.497 e. The molecule has 1 aliphatic heterocycles. The van der Waals surface area contributed by atoms with Crippen LogP contribution in [0.15, 0.2) is 36.7 Å². The van der Waals surface area contributed by atoms with Crippen LogP contribution < -0.4 is 9.47 Å². The summed E-state index contributed by atoms with van der Waals surface area (Å²) in [5.74, 6) is 2.49. The molecule has 2 heterocycles. The Morgan fingerprint density at radius 3 is 2.92 bits per heavy atom. The number of hydrogen-bond acceptors (Lipinski definition) is 4. The van der Waals surface area contributed by atoms with E-state index in [9.17, 15) is 0 Å². The molecule has 2 fully saturated rings. The molecular formula is C19H25N3O2. The van der Waals surface area contributed by atoms with E-state index in [0.29, 0.717) is 12.1 Å². The predicted octanol–water partition coefficient (Wildman–Crippen LogP) is 2.86. The maximum absolute atomic E-state index is 6.12. The van der Waals surface area contributed by atoms with Gasteiger partial charge in [-0.25, -0.2) is 0 Å². The van der Waals surface area contributed by atoms with E-state index in [1.165, 1.54) is 24.8 Å². The zero-order valence-corrected chi connectivity index (χ0v) is 14.4. The highest BCUT2D eigenvalue weighted by Crippen LogP contribution is 2.43. The zero-order chi connectivity index (χ0) is 16.5. The molecule has 0 amide bonds. The molecular weight excluding hydrogens is 302 g/mol. The Morgan fingerprint density at radius 2 is 2.12 bits per heavy atom. The third kappa shape index (κ3) is 3.00. The number of ether oxygens (including phenoxy) is 2. The number of piperidine rings is 1. The number of methoxy groups -OCH3 is 1. The van der Waals surface area contributed by atoms with Gasteiger partial charge in [0.05, 0.1) is 13.3 Å². The second kappa shape index (κ2) is 6.48. The minimum absolute atomic E-state index is 0.496. The summed E-state index contributed by atoms with van der Waals surface area (Å²) in [5.41, 5.74) is 1.29. The number of aromatic nitrogens is 2. The largest absolute Gasteiger partial charge is 0.497 e. The topological polar surface area (TPSA) is 39.5 Å². The molecule has 1 aromatic carbocycles. The summed E-state index contributed by atoms with van der Waals surface area (Å²) in [7, 11) is 3.66. The van der Waals surface area contributed by atoms with Crippen LogP contribution in [0.3, 0.4) is 0 Å². The predicted molar refractivity (Wildman–Crippen MR) is 92.2 cm³/mol. The molecule has 2 aliphatic rings. The summed E-state index contributed by atoms with van der Waals surface area (Å²) in [6.45, 7) is 1.72. The Balaban J connectivity index is 1.44. The Labute approximate surface area is 143 Å². The molecule has 5 heteroatoms. The van der Waals surface area contributed by atoms with Crippen molar-refractivity contribution in [3.8, 4) is 11.5 Å². The van der Waals surface area contributed by atoms with Crippen LogP contribution in [0.2, 0.25) is 0 Å². The number of likely N-dealkylation sites (tertiary alicyclic amines) is 1. The maximum atomic E-state index is 6.12. The Morgan fingerprint density at radius 1 is 1.25 bits per heavy atom. The van der Waals surface area contributed by atoms with Crippen molar-refractivity contribution in [3.05, 3.63) is 42.2 Å². The third-order valence-corrected chi connectivity index (χ3v) is 5.47. The fourth-order valence-corrected chi connectivity index (χ4v) is 4.30. The molecule has 2 aromatic rings. The minimum atomic E-state index is 0.496. The van der Waals surface area contributed by atoms with Crippen LogP contribution in [-0.2, 0) is 13.6 Å². The lowest BCUT2D eigenvalue weighted by atomic mass is 9.99. The quantitative estimate of drug-likeness (QED) is 0.818. The Hall–Kier alpha value is -2.01. The van der Waals surface area contributed by atoms with Gasteiger partial charge in [0.25, 0.3) is 0 Å². The van der Waals surface area contributed by atoms with Gasteiger partial charge in [-0.05, 0) is 37.3 Å². The van der Waals surface area contributed by atoms with Crippen LogP contribution >= 0.6 is 0 Å². The van der Waals surface area contributed by atoms with E-state index >= 15 is 0 Å². The fraction of sp³-hybridized carbons (Fsp3) is 0.526. The zero-order valence-electron chi connectivity index (χ0n) is 14.4. The van der Waals surface area contributed by atoms with Gasteiger partial charge in [-0.3, -0.25) is 9.58 Å². The highest BCUT2D eigenvalue weighted by atomic mass is 16.5. The first-order valence-electron chi connectivity index (χ1n) is 8.73. The second-order valence-corrected chi connectivity index (χ2v) is 6.98. The maximum Gasteiger partial charge on any atom is 0.123 e. The summed E-state index contributed by atoms with van der Waals surface area (Å²) >= 11 is 0. The van der Waals surface area contributed by atoms with E-state index in [2.05, 4.69) is 16.2 Å². The van der Waals surface area contributed by atoms with Gasteiger partial charge in [0, 0.05) is 43.5 Å². The first kappa shape index (κ1) is 15.5. The number of fused-ring (bicyclic) bond motifs is 2. The first-order chi connectivity index (χ1) is 11.7. The van der Waals surface area contributed by atoms with Crippen LogP contribution in [0.25, 0.3) is 0 Å². The van der Waals surface area contributed by atoms with E-state index in [1.807, 2.05) is 42.2 Å². The summed E-state index contributed by atoms with van der Waals surface area (Å²) in [6, 6.07) is 9.07. The molecule has 5 nitrogen and oxygen atoms in total. The molecule has 24 heavy (non-hydrogen) atoms. The van der Waals surface area contributed by atoms with Crippen molar-refractivity contribution < 1.29 is 9.47 Å². The molecule has 0 radical (unpaired) electrons. The van der Waals surface area contributed by atoms with Gasteiger partial charge in [-0.1, -0.05) is 6.07 Å². The fourth-order valence-electron chi connectivity index (χ4n) is 4.30. The van der Waals surface area contributed by atoms with Crippen molar-refractivity contribution in [2.24, 2.45) is 13.0 Å². The van der Waals surface area contributed by atoms with Crippen molar-refractivity contribution in [1.29, 1.82) is 0 Å². The van der Waals surface area contributed by atoms with Crippen LogP contribution in [0.1, 0.15) is 24.8 Å². The number of benzene rings is 1. The third-order valence-electron chi connectivity index (χ3n) is 5.47. The molecule has 2 bridgehead atoms. The Kier molecular flexibility index (Phi) is 4.19. The molecule has 0 spiro atoms. The average Bonchev–Trinajstić information content (AvgIpc) is 3.30. The SMILES string of the molecule is COc1cccc(OC[C@@H]2C3CCC(C3)N2Cc2cnn(C)c2)c1. The first-order valence-corrected chi connectivity index (χ1v) is 8.73. The number of aryl methyl sites for hydroxylation is 1. The molecule has 0 N–H and O–H groups in total. The van der Waals surface area contributed by atoms with Crippen LogP contribution in [0.4, 0.5) is 0 Å². The van der Waals surface area contributed by atoms with Gasteiger partial charge in [-0.2, -0.15) is 5.10 Å². The smallest absolute Gasteiger partial charge is 0.123 e. The Bertz CT molecular complexity index is 699. The van der Waals surface area contributed by atoms with E-state index < -0.39 is 0 Å². The molecule has 2 unspecified atom stereocenters. The molecule has 4 rings (SSSR count).